The number of unbranched alkanes of at least 4 members (excludes halogenated alkanes) is 1. The van der Waals surface area contributed by atoms with E-state index in [1.165, 1.54) is 29.5 Å². The van der Waals surface area contributed by atoms with Crippen LogP contribution in [0.1, 0.15) is 69.1 Å². The lowest BCUT2D eigenvalue weighted by molar-refractivity contribution is 0.273. The van der Waals surface area contributed by atoms with E-state index < -0.39 is 0 Å². The van der Waals surface area contributed by atoms with E-state index in [1.54, 1.807) is 0 Å². The van der Waals surface area contributed by atoms with Crippen LogP contribution in [0.2, 0.25) is 0 Å². The van der Waals surface area contributed by atoms with Gasteiger partial charge in [0.1, 0.15) is 0 Å². The molecule has 1 atom stereocenters. The number of benzene rings is 1. The van der Waals surface area contributed by atoms with Gasteiger partial charge in [-0.1, -0.05) is 52.3 Å². The van der Waals surface area contributed by atoms with E-state index in [0.29, 0.717) is 5.92 Å². The summed E-state index contributed by atoms with van der Waals surface area (Å²) in [4.78, 5) is 0. The largest absolute Gasteiger partial charge is 0.396 e. The highest BCUT2D eigenvalue weighted by molar-refractivity contribution is 5.34. The minimum absolute atomic E-state index is 0.231. The SMILES string of the molecule is CCCCc1cc(C(C)C)cc(C(C)CO)c1. The van der Waals surface area contributed by atoms with Gasteiger partial charge < -0.3 is 5.11 Å². The van der Waals surface area contributed by atoms with E-state index in [4.69, 9.17) is 0 Å². The maximum absolute atomic E-state index is 9.28. The number of aliphatic hydroxyl groups excluding tert-OH is 1. The number of aliphatic hydroxyl groups is 1. The molecule has 1 aromatic carbocycles. The van der Waals surface area contributed by atoms with Crippen LogP contribution in [0.25, 0.3) is 0 Å². The summed E-state index contributed by atoms with van der Waals surface area (Å²) >= 11 is 0. The van der Waals surface area contributed by atoms with Gasteiger partial charge in [0.15, 0.2) is 0 Å². The average Bonchev–Trinajstić information content (AvgIpc) is 2.34. The first-order valence-electron chi connectivity index (χ1n) is 6.83. The zero-order valence-electron chi connectivity index (χ0n) is 11.7. The highest BCUT2D eigenvalue weighted by Gasteiger charge is 2.09. The Bertz CT molecular complexity index is 341. The summed E-state index contributed by atoms with van der Waals surface area (Å²) in [5, 5.41) is 9.28. The molecule has 0 bridgehead atoms. The summed E-state index contributed by atoms with van der Waals surface area (Å²) in [6.07, 6.45) is 3.63. The van der Waals surface area contributed by atoms with Gasteiger partial charge in [-0.3, -0.25) is 0 Å². The Labute approximate surface area is 106 Å². The molecule has 0 aliphatic rings. The van der Waals surface area contributed by atoms with Crippen molar-refractivity contribution in [2.75, 3.05) is 6.61 Å². The molecule has 0 fully saturated rings. The van der Waals surface area contributed by atoms with Crippen molar-refractivity contribution in [3.8, 4) is 0 Å². The molecule has 1 aromatic rings. The number of rotatable bonds is 6. The Morgan fingerprint density at radius 1 is 1.06 bits per heavy atom. The zero-order valence-corrected chi connectivity index (χ0v) is 11.7. The van der Waals surface area contributed by atoms with E-state index >= 15 is 0 Å². The van der Waals surface area contributed by atoms with Gasteiger partial charge in [-0.05, 0) is 35.4 Å². The average molecular weight is 234 g/mol. The van der Waals surface area contributed by atoms with Crippen LogP contribution in [0.3, 0.4) is 0 Å². The van der Waals surface area contributed by atoms with Crippen molar-refractivity contribution >= 4 is 0 Å². The van der Waals surface area contributed by atoms with E-state index in [2.05, 4.69) is 45.9 Å². The molecule has 0 aliphatic carbocycles. The molecule has 0 aromatic heterocycles. The monoisotopic (exact) mass is 234 g/mol. The lowest BCUT2D eigenvalue weighted by atomic mass is 9.91. The Balaban J connectivity index is 3.00. The number of hydrogen-bond donors (Lipinski definition) is 1. The third-order valence-electron chi connectivity index (χ3n) is 3.37. The molecular formula is C16H26O. The van der Waals surface area contributed by atoms with Crippen molar-refractivity contribution in [2.24, 2.45) is 0 Å². The van der Waals surface area contributed by atoms with Gasteiger partial charge >= 0.3 is 0 Å². The summed E-state index contributed by atoms with van der Waals surface area (Å²) in [7, 11) is 0. The quantitative estimate of drug-likeness (QED) is 0.780. The Morgan fingerprint density at radius 2 is 1.71 bits per heavy atom. The minimum Gasteiger partial charge on any atom is -0.396 e. The maximum Gasteiger partial charge on any atom is 0.0497 e. The molecule has 0 saturated heterocycles. The second kappa shape index (κ2) is 6.80. The van der Waals surface area contributed by atoms with Gasteiger partial charge in [-0.2, -0.15) is 0 Å². The molecule has 0 amide bonds. The first-order valence-corrected chi connectivity index (χ1v) is 6.83. The Morgan fingerprint density at radius 3 is 2.24 bits per heavy atom. The summed E-state index contributed by atoms with van der Waals surface area (Å²) in [6.45, 7) is 9.00. The number of aryl methyl sites for hydroxylation is 1. The molecule has 0 radical (unpaired) electrons. The van der Waals surface area contributed by atoms with E-state index in [9.17, 15) is 5.11 Å². The predicted octanol–water partition coefficient (Wildman–Crippen LogP) is 4.25. The van der Waals surface area contributed by atoms with Gasteiger partial charge in [0, 0.05) is 12.5 Å². The van der Waals surface area contributed by atoms with Crippen LogP contribution in [0, 0.1) is 0 Å². The summed E-state index contributed by atoms with van der Waals surface area (Å²) in [5.74, 6) is 0.801. The van der Waals surface area contributed by atoms with Crippen LogP contribution in [-0.4, -0.2) is 11.7 Å². The Hall–Kier alpha value is -0.820. The fourth-order valence-corrected chi connectivity index (χ4v) is 1.99. The summed E-state index contributed by atoms with van der Waals surface area (Å²) < 4.78 is 0. The van der Waals surface area contributed by atoms with Crippen molar-refractivity contribution in [2.45, 2.75) is 58.8 Å². The van der Waals surface area contributed by atoms with Crippen LogP contribution in [0.5, 0.6) is 0 Å². The van der Waals surface area contributed by atoms with E-state index in [-0.39, 0.29) is 12.5 Å². The minimum atomic E-state index is 0.231. The smallest absolute Gasteiger partial charge is 0.0497 e. The highest BCUT2D eigenvalue weighted by Crippen LogP contribution is 2.24. The lowest BCUT2D eigenvalue weighted by Gasteiger charge is -2.15. The van der Waals surface area contributed by atoms with Crippen LogP contribution in [-0.2, 0) is 6.42 Å². The lowest BCUT2D eigenvalue weighted by Crippen LogP contribution is -2.02. The van der Waals surface area contributed by atoms with Crippen molar-refractivity contribution in [1.29, 1.82) is 0 Å². The van der Waals surface area contributed by atoms with Crippen LogP contribution >= 0.6 is 0 Å². The first kappa shape index (κ1) is 14.2. The molecule has 0 aliphatic heterocycles. The van der Waals surface area contributed by atoms with Crippen LogP contribution in [0.15, 0.2) is 18.2 Å². The van der Waals surface area contributed by atoms with Crippen molar-refractivity contribution < 1.29 is 5.11 Å². The van der Waals surface area contributed by atoms with Crippen LogP contribution < -0.4 is 0 Å². The van der Waals surface area contributed by atoms with Crippen molar-refractivity contribution in [3.05, 3.63) is 34.9 Å². The van der Waals surface area contributed by atoms with E-state index in [0.717, 1.165) is 6.42 Å². The molecule has 1 N–H and O–H groups in total. The second-order valence-electron chi connectivity index (χ2n) is 5.35. The number of hydrogen-bond acceptors (Lipinski definition) is 1. The second-order valence-corrected chi connectivity index (χ2v) is 5.35. The molecule has 1 rings (SSSR count). The Kier molecular flexibility index (Phi) is 5.70. The zero-order chi connectivity index (χ0) is 12.8. The molecule has 0 saturated carbocycles. The molecule has 96 valence electrons. The standard InChI is InChI=1S/C16H26O/c1-5-6-7-14-8-15(12(2)3)10-16(9-14)13(4)11-17/h8-10,12-13,17H,5-7,11H2,1-4H3. The van der Waals surface area contributed by atoms with Gasteiger partial charge in [0.25, 0.3) is 0 Å². The molecule has 17 heavy (non-hydrogen) atoms. The van der Waals surface area contributed by atoms with Crippen LogP contribution in [0.4, 0.5) is 0 Å². The van der Waals surface area contributed by atoms with Crippen molar-refractivity contribution in [3.63, 3.8) is 0 Å². The van der Waals surface area contributed by atoms with Gasteiger partial charge in [-0.15, -0.1) is 0 Å². The van der Waals surface area contributed by atoms with E-state index in [1.807, 2.05) is 0 Å². The summed E-state index contributed by atoms with van der Waals surface area (Å²) in [5.41, 5.74) is 4.10. The van der Waals surface area contributed by atoms with Gasteiger partial charge in [-0.25, -0.2) is 0 Å². The molecular weight excluding hydrogens is 208 g/mol. The maximum atomic E-state index is 9.28. The third-order valence-corrected chi connectivity index (χ3v) is 3.37. The van der Waals surface area contributed by atoms with Gasteiger partial charge in [0.2, 0.25) is 0 Å². The molecule has 1 nitrogen and oxygen atoms in total. The normalized spacial score (nSPS) is 13.1. The molecule has 0 heterocycles. The molecule has 1 heteroatoms. The fourth-order valence-electron chi connectivity index (χ4n) is 1.99. The summed E-state index contributed by atoms with van der Waals surface area (Å²) in [6, 6.07) is 6.84. The van der Waals surface area contributed by atoms with Crippen molar-refractivity contribution in [1.82, 2.24) is 0 Å². The third kappa shape index (κ3) is 4.16. The highest BCUT2D eigenvalue weighted by atomic mass is 16.3. The topological polar surface area (TPSA) is 20.2 Å². The predicted molar refractivity (Wildman–Crippen MR) is 74.6 cm³/mol. The first-order chi connectivity index (χ1) is 8.08. The van der Waals surface area contributed by atoms with Gasteiger partial charge in [0.05, 0.1) is 0 Å². The molecule has 1 unspecified atom stereocenters. The fraction of sp³-hybridized carbons (Fsp3) is 0.625. The molecule has 0 spiro atoms.